The summed E-state index contributed by atoms with van der Waals surface area (Å²) in [6.45, 7) is 5.84. The zero-order valence-electron chi connectivity index (χ0n) is 15.7. The van der Waals surface area contributed by atoms with Crippen LogP contribution in [0.1, 0.15) is 34.8 Å². The second-order valence-corrected chi connectivity index (χ2v) is 7.91. The molecule has 7 heteroatoms. The second kappa shape index (κ2) is 10.2. The number of nitrogens with one attached hydrogen (secondary N) is 2. The molecule has 0 heterocycles. The number of carbonyl (C=O) groups is 1. The molecule has 0 aliphatic rings. The Hall–Kier alpha value is -2.22. The number of amides is 1. The van der Waals surface area contributed by atoms with Crippen LogP contribution in [0.4, 0.5) is 0 Å². The Morgan fingerprint density at radius 2 is 1.70 bits per heavy atom. The number of hydrogen-bond donors (Lipinski definition) is 2. The molecule has 0 aliphatic carbocycles. The minimum atomic E-state index is -3.56. The van der Waals surface area contributed by atoms with Gasteiger partial charge in [0.05, 0.1) is 4.90 Å². The summed E-state index contributed by atoms with van der Waals surface area (Å²) in [5.41, 5.74) is 2.32. The first kappa shape index (κ1) is 21.1. The van der Waals surface area contributed by atoms with Crippen molar-refractivity contribution in [3.05, 3.63) is 65.2 Å². The number of aryl methyl sites for hydroxylation is 1. The SMILES string of the molecule is CCOCCCNC(=O)c1ccc(CNS(=O)(=O)c2ccc(C)cc2)cc1. The molecule has 2 aromatic rings. The number of hydrogen-bond acceptors (Lipinski definition) is 4. The lowest BCUT2D eigenvalue weighted by Crippen LogP contribution is -2.25. The van der Waals surface area contributed by atoms with E-state index in [9.17, 15) is 13.2 Å². The summed E-state index contributed by atoms with van der Waals surface area (Å²) in [6, 6.07) is 13.5. The van der Waals surface area contributed by atoms with Gasteiger partial charge in [0, 0.05) is 31.9 Å². The number of benzene rings is 2. The van der Waals surface area contributed by atoms with E-state index in [-0.39, 0.29) is 17.3 Å². The first-order chi connectivity index (χ1) is 12.9. The molecule has 27 heavy (non-hydrogen) atoms. The molecule has 0 radical (unpaired) electrons. The fourth-order valence-corrected chi connectivity index (χ4v) is 3.39. The van der Waals surface area contributed by atoms with E-state index in [4.69, 9.17) is 4.74 Å². The predicted octanol–water partition coefficient (Wildman–Crippen LogP) is 2.63. The largest absolute Gasteiger partial charge is 0.382 e. The predicted molar refractivity (Wildman–Crippen MR) is 105 cm³/mol. The molecular weight excluding hydrogens is 364 g/mol. The maximum Gasteiger partial charge on any atom is 0.251 e. The van der Waals surface area contributed by atoms with Crippen LogP contribution in [0.5, 0.6) is 0 Å². The Kier molecular flexibility index (Phi) is 7.97. The fourth-order valence-electron chi connectivity index (χ4n) is 2.38. The van der Waals surface area contributed by atoms with Crippen LogP contribution in [-0.4, -0.2) is 34.1 Å². The highest BCUT2D eigenvalue weighted by molar-refractivity contribution is 7.89. The Bertz CT molecular complexity index is 831. The lowest BCUT2D eigenvalue weighted by Gasteiger charge is -2.09. The zero-order chi connectivity index (χ0) is 19.7. The van der Waals surface area contributed by atoms with E-state index in [0.29, 0.717) is 25.3 Å². The smallest absolute Gasteiger partial charge is 0.251 e. The van der Waals surface area contributed by atoms with Crippen LogP contribution in [0.15, 0.2) is 53.4 Å². The zero-order valence-corrected chi connectivity index (χ0v) is 16.5. The molecule has 0 bridgehead atoms. The minimum Gasteiger partial charge on any atom is -0.382 e. The molecule has 2 N–H and O–H groups in total. The van der Waals surface area contributed by atoms with E-state index in [1.165, 1.54) is 0 Å². The molecule has 2 rings (SSSR count). The summed E-state index contributed by atoms with van der Waals surface area (Å²) >= 11 is 0. The van der Waals surface area contributed by atoms with Gasteiger partial charge in [-0.05, 0) is 50.1 Å². The normalized spacial score (nSPS) is 11.3. The van der Waals surface area contributed by atoms with E-state index >= 15 is 0 Å². The van der Waals surface area contributed by atoms with Crippen LogP contribution < -0.4 is 10.0 Å². The van der Waals surface area contributed by atoms with Crippen LogP contribution >= 0.6 is 0 Å². The number of carbonyl (C=O) groups excluding carboxylic acids is 1. The van der Waals surface area contributed by atoms with Crippen LogP contribution in [0, 0.1) is 6.92 Å². The number of sulfonamides is 1. The van der Waals surface area contributed by atoms with Crippen molar-refractivity contribution >= 4 is 15.9 Å². The first-order valence-electron chi connectivity index (χ1n) is 8.93. The number of ether oxygens (including phenoxy) is 1. The lowest BCUT2D eigenvalue weighted by molar-refractivity contribution is 0.0944. The van der Waals surface area contributed by atoms with Crippen molar-refractivity contribution in [2.75, 3.05) is 19.8 Å². The average Bonchev–Trinajstić information content (AvgIpc) is 2.67. The highest BCUT2D eigenvalue weighted by atomic mass is 32.2. The summed E-state index contributed by atoms with van der Waals surface area (Å²) in [5, 5.41) is 2.83. The van der Waals surface area contributed by atoms with Crippen molar-refractivity contribution in [3.8, 4) is 0 Å². The van der Waals surface area contributed by atoms with E-state index in [1.807, 2.05) is 13.8 Å². The Balaban J connectivity index is 1.86. The highest BCUT2D eigenvalue weighted by Crippen LogP contribution is 2.11. The van der Waals surface area contributed by atoms with Gasteiger partial charge < -0.3 is 10.1 Å². The summed E-state index contributed by atoms with van der Waals surface area (Å²) in [5.74, 6) is -0.154. The Labute approximate surface area is 161 Å². The van der Waals surface area contributed by atoms with E-state index in [0.717, 1.165) is 17.5 Å². The van der Waals surface area contributed by atoms with Gasteiger partial charge in [-0.2, -0.15) is 0 Å². The topological polar surface area (TPSA) is 84.5 Å². The lowest BCUT2D eigenvalue weighted by atomic mass is 10.1. The van der Waals surface area contributed by atoms with Crippen LogP contribution in [0.2, 0.25) is 0 Å². The minimum absolute atomic E-state index is 0.154. The van der Waals surface area contributed by atoms with Crippen molar-refractivity contribution in [1.82, 2.24) is 10.0 Å². The summed E-state index contributed by atoms with van der Waals surface area (Å²) < 4.78 is 32.4. The van der Waals surface area contributed by atoms with Crippen molar-refractivity contribution in [2.45, 2.75) is 31.7 Å². The van der Waals surface area contributed by atoms with Crippen molar-refractivity contribution in [2.24, 2.45) is 0 Å². The molecule has 146 valence electrons. The number of rotatable bonds is 10. The molecule has 0 aromatic heterocycles. The third kappa shape index (κ3) is 6.78. The molecule has 0 atom stereocenters. The van der Waals surface area contributed by atoms with Crippen molar-refractivity contribution in [1.29, 1.82) is 0 Å². The molecule has 0 unspecified atom stereocenters. The summed E-state index contributed by atoms with van der Waals surface area (Å²) in [6.07, 6.45) is 0.762. The van der Waals surface area contributed by atoms with E-state index in [1.54, 1.807) is 48.5 Å². The van der Waals surface area contributed by atoms with Gasteiger partial charge in [0.25, 0.3) is 5.91 Å². The highest BCUT2D eigenvalue weighted by Gasteiger charge is 2.13. The van der Waals surface area contributed by atoms with E-state index in [2.05, 4.69) is 10.0 Å². The van der Waals surface area contributed by atoms with Gasteiger partial charge in [-0.15, -0.1) is 0 Å². The molecule has 2 aromatic carbocycles. The van der Waals surface area contributed by atoms with Crippen LogP contribution in [-0.2, 0) is 21.3 Å². The molecular formula is C20H26N2O4S. The molecule has 0 aliphatic heterocycles. The second-order valence-electron chi connectivity index (χ2n) is 6.14. The van der Waals surface area contributed by atoms with Crippen LogP contribution in [0.3, 0.4) is 0 Å². The van der Waals surface area contributed by atoms with Gasteiger partial charge in [0.15, 0.2) is 0 Å². The standard InChI is InChI=1S/C20H26N2O4S/c1-3-26-14-4-13-21-20(23)18-9-7-17(8-10-18)15-22-27(24,25)19-11-5-16(2)6-12-19/h5-12,22H,3-4,13-15H2,1-2H3,(H,21,23). The van der Waals surface area contributed by atoms with Gasteiger partial charge in [-0.25, -0.2) is 13.1 Å². The molecule has 0 spiro atoms. The molecule has 6 nitrogen and oxygen atoms in total. The van der Waals surface area contributed by atoms with Crippen molar-refractivity contribution < 1.29 is 17.9 Å². The first-order valence-corrected chi connectivity index (χ1v) is 10.4. The quantitative estimate of drug-likeness (QED) is 0.611. The summed E-state index contributed by atoms with van der Waals surface area (Å²) in [7, 11) is -3.56. The fraction of sp³-hybridized carbons (Fsp3) is 0.350. The van der Waals surface area contributed by atoms with Gasteiger partial charge >= 0.3 is 0 Å². The van der Waals surface area contributed by atoms with Crippen molar-refractivity contribution in [3.63, 3.8) is 0 Å². The molecule has 0 saturated carbocycles. The van der Waals surface area contributed by atoms with Gasteiger partial charge in [0.2, 0.25) is 10.0 Å². The van der Waals surface area contributed by atoms with Gasteiger partial charge in [0.1, 0.15) is 0 Å². The third-order valence-corrected chi connectivity index (χ3v) is 5.39. The molecule has 1 amide bonds. The molecule has 0 fully saturated rings. The van der Waals surface area contributed by atoms with E-state index < -0.39 is 10.0 Å². The van der Waals surface area contributed by atoms with Gasteiger partial charge in [-0.3, -0.25) is 4.79 Å². The Morgan fingerprint density at radius 1 is 1.04 bits per heavy atom. The third-order valence-electron chi connectivity index (χ3n) is 3.97. The maximum atomic E-state index is 12.3. The van der Waals surface area contributed by atoms with Gasteiger partial charge in [-0.1, -0.05) is 29.8 Å². The Morgan fingerprint density at radius 3 is 2.33 bits per heavy atom. The molecule has 0 saturated heterocycles. The summed E-state index contributed by atoms with van der Waals surface area (Å²) in [4.78, 5) is 12.3. The maximum absolute atomic E-state index is 12.3. The average molecular weight is 391 g/mol. The monoisotopic (exact) mass is 390 g/mol. The van der Waals surface area contributed by atoms with Crippen LogP contribution in [0.25, 0.3) is 0 Å².